The Morgan fingerprint density at radius 2 is 1.67 bits per heavy atom. The van der Waals surface area contributed by atoms with E-state index in [0.29, 0.717) is 11.3 Å². The highest BCUT2D eigenvalue weighted by atomic mass is 16.3. The summed E-state index contributed by atoms with van der Waals surface area (Å²) in [5, 5.41) is 0. The molecule has 0 saturated heterocycles. The summed E-state index contributed by atoms with van der Waals surface area (Å²) in [5.74, 6) is 1.57. The van der Waals surface area contributed by atoms with E-state index in [9.17, 15) is 4.79 Å². The normalized spacial score (nSPS) is 10.7. The average molecular weight is 242 g/mol. The molecule has 2 aromatic rings. The van der Waals surface area contributed by atoms with Crippen molar-refractivity contribution in [3.05, 3.63) is 58.0 Å². The molecule has 1 aromatic carbocycles. The van der Waals surface area contributed by atoms with Gasteiger partial charge < -0.3 is 4.42 Å². The van der Waals surface area contributed by atoms with E-state index in [0.717, 1.165) is 23.3 Å². The summed E-state index contributed by atoms with van der Waals surface area (Å²) in [5.41, 5.74) is 3.61. The van der Waals surface area contributed by atoms with Gasteiger partial charge in [-0.25, -0.2) is 0 Å². The fourth-order valence-corrected chi connectivity index (χ4v) is 2.16. The molecule has 0 unspecified atom stereocenters. The molecule has 0 aliphatic rings. The minimum atomic E-state index is 0.0458. The van der Waals surface area contributed by atoms with Crippen molar-refractivity contribution in [2.45, 2.75) is 34.1 Å². The first kappa shape index (κ1) is 12.6. The summed E-state index contributed by atoms with van der Waals surface area (Å²) < 4.78 is 5.51. The number of aryl methyl sites for hydroxylation is 3. The van der Waals surface area contributed by atoms with Gasteiger partial charge in [-0.3, -0.25) is 4.79 Å². The Labute approximate surface area is 108 Å². The fourth-order valence-electron chi connectivity index (χ4n) is 2.16. The second-order valence-electron chi connectivity index (χ2n) is 4.59. The molecule has 0 bridgehead atoms. The van der Waals surface area contributed by atoms with Gasteiger partial charge in [0.1, 0.15) is 11.5 Å². The third-order valence-electron chi connectivity index (χ3n) is 3.41. The largest absolute Gasteiger partial charge is 0.466 e. The molecule has 18 heavy (non-hydrogen) atoms. The van der Waals surface area contributed by atoms with Gasteiger partial charge in [0, 0.05) is 11.1 Å². The minimum Gasteiger partial charge on any atom is -0.466 e. The zero-order valence-corrected chi connectivity index (χ0v) is 11.3. The van der Waals surface area contributed by atoms with Crippen LogP contribution in [-0.2, 0) is 6.42 Å². The van der Waals surface area contributed by atoms with Crippen molar-refractivity contribution in [1.82, 2.24) is 0 Å². The zero-order valence-electron chi connectivity index (χ0n) is 11.3. The van der Waals surface area contributed by atoms with Gasteiger partial charge in [0.25, 0.3) is 0 Å². The van der Waals surface area contributed by atoms with E-state index in [1.807, 2.05) is 45.0 Å². The molecule has 0 spiro atoms. The van der Waals surface area contributed by atoms with Gasteiger partial charge >= 0.3 is 0 Å². The van der Waals surface area contributed by atoms with E-state index in [1.54, 1.807) is 0 Å². The van der Waals surface area contributed by atoms with Crippen LogP contribution in [-0.4, -0.2) is 5.78 Å². The van der Waals surface area contributed by atoms with Crippen molar-refractivity contribution >= 4 is 5.78 Å². The number of carbonyl (C=O) groups is 1. The summed E-state index contributed by atoms with van der Waals surface area (Å²) in [7, 11) is 0. The summed E-state index contributed by atoms with van der Waals surface area (Å²) in [6, 6.07) is 7.79. The molecule has 2 rings (SSSR count). The Kier molecular flexibility index (Phi) is 3.37. The Hall–Kier alpha value is -1.83. The van der Waals surface area contributed by atoms with Crippen LogP contribution in [0.1, 0.15) is 45.5 Å². The third kappa shape index (κ3) is 2.10. The topological polar surface area (TPSA) is 30.2 Å². The van der Waals surface area contributed by atoms with Gasteiger partial charge in [-0.1, -0.05) is 31.2 Å². The van der Waals surface area contributed by atoms with Crippen LogP contribution in [0.15, 0.2) is 28.7 Å². The van der Waals surface area contributed by atoms with Crippen molar-refractivity contribution in [3.8, 4) is 0 Å². The number of ketones is 1. The number of hydrogen-bond donors (Lipinski definition) is 0. The Morgan fingerprint density at radius 1 is 1.06 bits per heavy atom. The fraction of sp³-hybridized carbons (Fsp3) is 0.312. The monoisotopic (exact) mass is 242 g/mol. The molecule has 0 atom stereocenters. The Balaban J connectivity index is 2.41. The van der Waals surface area contributed by atoms with Gasteiger partial charge in [-0.05, 0) is 32.8 Å². The first-order valence-corrected chi connectivity index (χ1v) is 6.24. The van der Waals surface area contributed by atoms with Crippen molar-refractivity contribution in [3.63, 3.8) is 0 Å². The zero-order chi connectivity index (χ0) is 13.3. The molecule has 0 fully saturated rings. The molecule has 0 aliphatic carbocycles. The maximum atomic E-state index is 12.4. The van der Waals surface area contributed by atoms with E-state index in [1.165, 1.54) is 5.56 Å². The first-order chi connectivity index (χ1) is 8.54. The van der Waals surface area contributed by atoms with Crippen LogP contribution in [0, 0.1) is 20.8 Å². The molecule has 1 heterocycles. The van der Waals surface area contributed by atoms with E-state index in [-0.39, 0.29) is 5.78 Å². The van der Waals surface area contributed by atoms with Gasteiger partial charge in [0.15, 0.2) is 5.78 Å². The second-order valence-corrected chi connectivity index (χ2v) is 4.59. The van der Waals surface area contributed by atoms with Crippen molar-refractivity contribution in [2.24, 2.45) is 0 Å². The molecule has 0 aliphatic heterocycles. The van der Waals surface area contributed by atoms with Gasteiger partial charge in [-0.2, -0.15) is 0 Å². The lowest BCUT2D eigenvalue weighted by Gasteiger charge is -2.02. The molecular weight excluding hydrogens is 224 g/mol. The van der Waals surface area contributed by atoms with Gasteiger partial charge in [0.05, 0.1) is 5.56 Å². The highest BCUT2D eigenvalue weighted by Gasteiger charge is 2.19. The molecule has 1 aromatic heterocycles. The minimum absolute atomic E-state index is 0.0458. The van der Waals surface area contributed by atoms with E-state index < -0.39 is 0 Å². The van der Waals surface area contributed by atoms with Crippen LogP contribution in [0.2, 0.25) is 0 Å². The lowest BCUT2D eigenvalue weighted by atomic mass is 9.98. The summed E-state index contributed by atoms with van der Waals surface area (Å²) in [6.45, 7) is 7.76. The van der Waals surface area contributed by atoms with Crippen molar-refractivity contribution in [1.29, 1.82) is 0 Å². The van der Waals surface area contributed by atoms with Crippen LogP contribution in [0.3, 0.4) is 0 Å². The van der Waals surface area contributed by atoms with Crippen molar-refractivity contribution < 1.29 is 9.21 Å². The average Bonchev–Trinajstić information content (AvgIpc) is 2.63. The van der Waals surface area contributed by atoms with E-state index in [4.69, 9.17) is 4.42 Å². The quantitative estimate of drug-likeness (QED) is 0.761. The maximum Gasteiger partial charge on any atom is 0.196 e. The Morgan fingerprint density at radius 3 is 2.11 bits per heavy atom. The lowest BCUT2D eigenvalue weighted by Crippen LogP contribution is -2.03. The molecule has 0 saturated carbocycles. The summed E-state index contributed by atoms with van der Waals surface area (Å²) in [4.78, 5) is 12.4. The molecule has 0 N–H and O–H groups in total. The van der Waals surface area contributed by atoms with E-state index >= 15 is 0 Å². The Bertz CT molecular complexity index is 574. The number of benzene rings is 1. The maximum absolute atomic E-state index is 12.4. The number of rotatable bonds is 3. The van der Waals surface area contributed by atoms with Crippen LogP contribution >= 0.6 is 0 Å². The predicted molar refractivity (Wildman–Crippen MR) is 72.2 cm³/mol. The standard InChI is InChI=1S/C16H18O2/c1-5-13-6-8-14(9-7-13)16(17)15-10(2)11(3)18-12(15)4/h6-9H,5H2,1-4H3. The third-order valence-corrected chi connectivity index (χ3v) is 3.41. The summed E-state index contributed by atoms with van der Waals surface area (Å²) >= 11 is 0. The van der Waals surface area contributed by atoms with Crippen LogP contribution in [0.4, 0.5) is 0 Å². The number of furan rings is 1. The number of hydrogen-bond acceptors (Lipinski definition) is 2. The van der Waals surface area contributed by atoms with Crippen LogP contribution < -0.4 is 0 Å². The SMILES string of the molecule is CCc1ccc(C(=O)c2c(C)oc(C)c2C)cc1. The van der Waals surface area contributed by atoms with Crippen LogP contribution in [0.25, 0.3) is 0 Å². The molecule has 2 nitrogen and oxygen atoms in total. The highest BCUT2D eigenvalue weighted by Crippen LogP contribution is 2.23. The van der Waals surface area contributed by atoms with Crippen LogP contribution in [0.5, 0.6) is 0 Å². The molecule has 94 valence electrons. The van der Waals surface area contributed by atoms with E-state index in [2.05, 4.69) is 6.92 Å². The molecular formula is C16H18O2. The molecule has 2 heteroatoms. The number of carbonyl (C=O) groups excluding carboxylic acids is 1. The second kappa shape index (κ2) is 4.81. The smallest absolute Gasteiger partial charge is 0.196 e. The highest BCUT2D eigenvalue weighted by molar-refractivity contribution is 6.10. The molecule has 0 radical (unpaired) electrons. The predicted octanol–water partition coefficient (Wildman–Crippen LogP) is 4.00. The first-order valence-electron chi connectivity index (χ1n) is 6.24. The lowest BCUT2D eigenvalue weighted by molar-refractivity contribution is 0.103. The summed E-state index contributed by atoms with van der Waals surface area (Å²) in [6.07, 6.45) is 0.983. The molecule has 0 amide bonds. The van der Waals surface area contributed by atoms with Gasteiger partial charge in [-0.15, -0.1) is 0 Å². The van der Waals surface area contributed by atoms with Gasteiger partial charge in [0.2, 0.25) is 0 Å². The van der Waals surface area contributed by atoms with Crippen molar-refractivity contribution in [2.75, 3.05) is 0 Å².